The lowest BCUT2D eigenvalue weighted by atomic mass is 10.1. The Morgan fingerprint density at radius 1 is 1.35 bits per heavy atom. The molecule has 1 aromatic carbocycles. The van der Waals surface area contributed by atoms with Crippen molar-refractivity contribution in [1.82, 2.24) is 15.0 Å². The van der Waals surface area contributed by atoms with Crippen LogP contribution in [-0.2, 0) is 11.4 Å². The van der Waals surface area contributed by atoms with Crippen molar-refractivity contribution in [2.75, 3.05) is 13.2 Å². The molecule has 0 spiro atoms. The smallest absolute Gasteiger partial charge is 0.0946 e. The average Bonchev–Trinajstić information content (AvgIpc) is 3.00. The first-order valence-corrected chi connectivity index (χ1v) is 6.69. The molecule has 0 amide bonds. The second kappa shape index (κ2) is 8.14. The number of imidazole rings is 1. The van der Waals surface area contributed by atoms with Gasteiger partial charge in [0.25, 0.3) is 0 Å². The molecular formula is C15H20N4O. The van der Waals surface area contributed by atoms with Crippen LogP contribution in [0.2, 0.25) is 0 Å². The van der Waals surface area contributed by atoms with E-state index >= 15 is 0 Å². The van der Waals surface area contributed by atoms with E-state index in [1.807, 2.05) is 47.4 Å². The average molecular weight is 272 g/mol. The number of hydrogen-bond acceptors (Lipinski definition) is 4. The second-order valence-electron chi connectivity index (χ2n) is 4.31. The Hall–Kier alpha value is -2.11. The summed E-state index contributed by atoms with van der Waals surface area (Å²) in [4.78, 5) is 9.35. The molecule has 0 aliphatic carbocycles. The van der Waals surface area contributed by atoms with Crippen molar-refractivity contribution in [3.05, 3.63) is 60.7 Å². The first-order chi connectivity index (χ1) is 9.90. The Morgan fingerprint density at radius 3 is 2.90 bits per heavy atom. The zero-order chi connectivity index (χ0) is 14.0. The van der Waals surface area contributed by atoms with Crippen LogP contribution >= 0.6 is 0 Å². The van der Waals surface area contributed by atoms with E-state index in [0.717, 1.165) is 24.2 Å². The summed E-state index contributed by atoms with van der Waals surface area (Å²) < 4.78 is 2.04. The van der Waals surface area contributed by atoms with Crippen LogP contribution < -0.4 is 11.2 Å². The molecule has 0 atom stereocenters. The van der Waals surface area contributed by atoms with Gasteiger partial charge in [0.2, 0.25) is 0 Å². The first-order valence-electron chi connectivity index (χ1n) is 6.69. The van der Waals surface area contributed by atoms with Gasteiger partial charge in [0.1, 0.15) is 0 Å². The summed E-state index contributed by atoms with van der Waals surface area (Å²) in [7, 11) is 0. The molecule has 2 aromatic rings. The van der Waals surface area contributed by atoms with Crippen LogP contribution in [0.5, 0.6) is 0 Å². The Morgan fingerprint density at radius 2 is 2.20 bits per heavy atom. The van der Waals surface area contributed by atoms with Gasteiger partial charge in [-0.3, -0.25) is 10.3 Å². The molecule has 0 unspecified atom stereocenters. The molecular weight excluding hydrogens is 252 g/mol. The van der Waals surface area contributed by atoms with E-state index in [0.29, 0.717) is 13.2 Å². The molecule has 20 heavy (non-hydrogen) atoms. The maximum atomic E-state index is 5.42. The van der Waals surface area contributed by atoms with Crippen molar-refractivity contribution in [1.29, 1.82) is 0 Å². The molecule has 3 N–H and O–H groups in total. The van der Waals surface area contributed by atoms with Crippen LogP contribution in [0, 0.1) is 0 Å². The topological polar surface area (TPSA) is 65.1 Å². The van der Waals surface area contributed by atoms with Gasteiger partial charge >= 0.3 is 0 Å². The maximum absolute atomic E-state index is 5.42. The van der Waals surface area contributed by atoms with Crippen LogP contribution in [0.3, 0.4) is 0 Å². The molecule has 0 aliphatic rings. The Bertz CT molecular complexity index is 508. The number of aryl methyl sites for hydroxylation is 1. The molecule has 0 saturated heterocycles. The number of nitrogens with one attached hydrogen (secondary N) is 1. The second-order valence-corrected chi connectivity index (χ2v) is 4.31. The van der Waals surface area contributed by atoms with Gasteiger partial charge < -0.3 is 10.3 Å². The van der Waals surface area contributed by atoms with Crippen LogP contribution in [0.25, 0.3) is 5.70 Å². The predicted molar refractivity (Wildman–Crippen MR) is 79.4 cm³/mol. The number of hydroxylamine groups is 1. The monoisotopic (exact) mass is 272 g/mol. The predicted octanol–water partition coefficient (Wildman–Crippen LogP) is 1.79. The fourth-order valence-corrected chi connectivity index (χ4v) is 1.80. The highest BCUT2D eigenvalue weighted by molar-refractivity contribution is 5.62. The lowest BCUT2D eigenvalue weighted by Gasteiger charge is -2.11. The highest BCUT2D eigenvalue weighted by Gasteiger charge is 2.00. The summed E-state index contributed by atoms with van der Waals surface area (Å²) in [6.45, 7) is 1.85. The van der Waals surface area contributed by atoms with E-state index in [9.17, 15) is 0 Å². The number of aromatic nitrogens is 2. The molecule has 1 heterocycles. The number of nitrogens with two attached hydrogens (primary N) is 1. The number of hydrogen-bond donors (Lipinski definition) is 2. The van der Waals surface area contributed by atoms with Gasteiger partial charge in [-0.05, 0) is 12.0 Å². The quantitative estimate of drug-likeness (QED) is 0.568. The number of benzene rings is 1. The molecule has 0 aliphatic heterocycles. The fourth-order valence-electron chi connectivity index (χ4n) is 1.80. The minimum absolute atomic E-state index is 0.478. The van der Waals surface area contributed by atoms with Crippen molar-refractivity contribution < 1.29 is 4.84 Å². The lowest BCUT2D eigenvalue weighted by molar-refractivity contribution is 0.0847. The van der Waals surface area contributed by atoms with Crippen molar-refractivity contribution in [3.63, 3.8) is 0 Å². The van der Waals surface area contributed by atoms with Crippen molar-refractivity contribution in [3.8, 4) is 0 Å². The number of nitrogens with zero attached hydrogens (tertiary/aromatic N) is 2. The van der Waals surface area contributed by atoms with Crippen LogP contribution in [0.1, 0.15) is 12.0 Å². The molecule has 0 radical (unpaired) electrons. The van der Waals surface area contributed by atoms with E-state index in [2.05, 4.69) is 16.5 Å². The third kappa shape index (κ3) is 4.53. The number of allylic oxidation sites excluding steroid dienone is 1. The first kappa shape index (κ1) is 14.3. The van der Waals surface area contributed by atoms with Gasteiger partial charge in [0.05, 0.1) is 18.6 Å². The van der Waals surface area contributed by atoms with E-state index in [1.54, 1.807) is 6.20 Å². The molecule has 1 aromatic heterocycles. The van der Waals surface area contributed by atoms with Gasteiger partial charge in [0, 0.05) is 25.5 Å². The van der Waals surface area contributed by atoms with E-state index in [4.69, 9.17) is 10.6 Å². The highest BCUT2D eigenvalue weighted by atomic mass is 16.6. The third-order valence-electron chi connectivity index (χ3n) is 2.78. The van der Waals surface area contributed by atoms with Crippen molar-refractivity contribution in [2.45, 2.75) is 13.0 Å². The van der Waals surface area contributed by atoms with Crippen LogP contribution in [0.4, 0.5) is 0 Å². The summed E-state index contributed by atoms with van der Waals surface area (Å²) >= 11 is 0. The van der Waals surface area contributed by atoms with E-state index < -0.39 is 0 Å². The van der Waals surface area contributed by atoms with E-state index in [1.165, 1.54) is 0 Å². The molecule has 0 saturated carbocycles. The molecule has 5 nitrogen and oxygen atoms in total. The largest absolute Gasteiger partial charge is 0.337 e. The van der Waals surface area contributed by atoms with Gasteiger partial charge in [-0.25, -0.2) is 4.98 Å². The summed E-state index contributed by atoms with van der Waals surface area (Å²) in [6, 6.07) is 10.1. The van der Waals surface area contributed by atoms with Gasteiger partial charge in [-0.1, -0.05) is 36.4 Å². The minimum atomic E-state index is 0.478. The molecule has 0 bridgehead atoms. The number of rotatable bonds is 8. The molecule has 5 heteroatoms. The van der Waals surface area contributed by atoms with Crippen molar-refractivity contribution >= 4 is 5.70 Å². The summed E-state index contributed by atoms with van der Waals surface area (Å²) in [5.41, 5.74) is 10.4. The standard InChI is InChI=1S/C15H20N4O/c16-8-12-20-18-15(14-5-2-1-3-6-14)7-4-10-19-11-9-17-13-19/h1-3,5-7,9,11,13,18H,4,8,10,12,16H2. The zero-order valence-corrected chi connectivity index (χ0v) is 11.4. The van der Waals surface area contributed by atoms with Crippen molar-refractivity contribution in [2.24, 2.45) is 5.73 Å². The zero-order valence-electron chi connectivity index (χ0n) is 11.4. The lowest BCUT2D eigenvalue weighted by Crippen LogP contribution is -2.19. The van der Waals surface area contributed by atoms with Gasteiger partial charge in [-0.2, -0.15) is 0 Å². The minimum Gasteiger partial charge on any atom is -0.337 e. The SMILES string of the molecule is NCCONC(=CCCn1ccnc1)c1ccccc1. The molecule has 106 valence electrons. The third-order valence-corrected chi connectivity index (χ3v) is 2.78. The summed E-state index contributed by atoms with van der Waals surface area (Å²) in [5, 5.41) is 0. The molecule has 2 rings (SSSR count). The summed E-state index contributed by atoms with van der Waals surface area (Å²) in [5.74, 6) is 0. The van der Waals surface area contributed by atoms with Crippen LogP contribution in [0.15, 0.2) is 55.1 Å². The Labute approximate surface area is 119 Å². The van der Waals surface area contributed by atoms with Crippen LogP contribution in [-0.4, -0.2) is 22.7 Å². The Balaban J connectivity index is 1.97. The normalized spacial score (nSPS) is 11.6. The Kier molecular flexibility index (Phi) is 5.82. The summed E-state index contributed by atoms with van der Waals surface area (Å²) in [6.07, 6.45) is 8.55. The van der Waals surface area contributed by atoms with E-state index in [-0.39, 0.29) is 0 Å². The van der Waals surface area contributed by atoms with Gasteiger partial charge in [0.15, 0.2) is 0 Å². The fraction of sp³-hybridized carbons (Fsp3) is 0.267. The molecule has 0 fully saturated rings. The maximum Gasteiger partial charge on any atom is 0.0946 e. The highest BCUT2D eigenvalue weighted by Crippen LogP contribution is 2.12. The van der Waals surface area contributed by atoms with Gasteiger partial charge in [-0.15, -0.1) is 0 Å².